The monoisotopic (exact) mass is 241 g/mol. The van der Waals surface area contributed by atoms with Gasteiger partial charge in [-0.25, -0.2) is 9.37 Å². The van der Waals surface area contributed by atoms with Crippen molar-refractivity contribution in [2.45, 2.75) is 6.04 Å². The third-order valence-electron chi connectivity index (χ3n) is 2.47. The number of amides is 1. The Hall–Kier alpha value is -1.96. The van der Waals surface area contributed by atoms with Crippen LogP contribution in [0.25, 0.3) is 0 Å². The number of nitrogens with two attached hydrogens (primary N) is 2. The number of hydrogen-bond acceptors (Lipinski definition) is 6. The van der Waals surface area contributed by atoms with Crippen molar-refractivity contribution in [3.63, 3.8) is 0 Å². The summed E-state index contributed by atoms with van der Waals surface area (Å²) < 4.78 is 18.7. The van der Waals surface area contributed by atoms with Gasteiger partial charge < -0.3 is 21.1 Å². The smallest absolute Gasteiger partial charge is 0.242 e. The van der Waals surface area contributed by atoms with E-state index in [2.05, 4.69) is 9.97 Å². The number of primary amides is 1. The number of ether oxygens (including phenoxy) is 1. The van der Waals surface area contributed by atoms with Gasteiger partial charge in [0.15, 0.2) is 11.6 Å². The fraction of sp³-hybridized carbons (Fsp3) is 0.444. The summed E-state index contributed by atoms with van der Waals surface area (Å²) in [4.78, 5) is 20.0. The Labute approximate surface area is 96.6 Å². The van der Waals surface area contributed by atoms with Crippen LogP contribution in [-0.2, 0) is 9.53 Å². The van der Waals surface area contributed by atoms with E-state index in [4.69, 9.17) is 16.2 Å². The predicted molar refractivity (Wildman–Crippen MR) is 57.5 cm³/mol. The molecular formula is C9H12FN5O2. The maximum Gasteiger partial charge on any atom is 0.242 e. The minimum absolute atomic E-state index is 0.0235. The van der Waals surface area contributed by atoms with Gasteiger partial charge in [0, 0.05) is 6.54 Å². The number of anilines is 2. The van der Waals surface area contributed by atoms with Gasteiger partial charge in [0.1, 0.15) is 6.04 Å². The molecule has 0 radical (unpaired) electrons. The number of rotatable bonds is 2. The summed E-state index contributed by atoms with van der Waals surface area (Å²) in [5, 5.41) is 0. The van der Waals surface area contributed by atoms with E-state index in [9.17, 15) is 9.18 Å². The van der Waals surface area contributed by atoms with Crippen LogP contribution in [0.1, 0.15) is 0 Å². The normalized spacial score (nSPS) is 20.3. The van der Waals surface area contributed by atoms with E-state index in [1.807, 2.05) is 0 Å². The molecule has 92 valence electrons. The molecule has 1 aliphatic rings. The molecule has 7 nitrogen and oxygen atoms in total. The molecule has 0 saturated carbocycles. The molecule has 8 heteroatoms. The molecule has 2 heterocycles. The van der Waals surface area contributed by atoms with Crippen molar-refractivity contribution in [2.24, 2.45) is 5.73 Å². The fourth-order valence-corrected chi connectivity index (χ4v) is 1.67. The van der Waals surface area contributed by atoms with Crippen molar-refractivity contribution in [3.05, 3.63) is 12.0 Å². The maximum absolute atomic E-state index is 13.6. The number of halogens is 1. The van der Waals surface area contributed by atoms with Gasteiger partial charge in [-0.1, -0.05) is 0 Å². The maximum atomic E-state index is 13.6. The largest absolute Gasteiger partial charge is 0.377 e. The first-order valence-corrected chi connectivity index (χ1v) is 5.01. The quantitative estimate of drug-likeness (QED) is 0.679. The average Bonchev–Trinajstić information content (AvgIpc) is 2.32. The zero-order chi connectivity index (χ0) is 12.4. The van der Waals surface area contributed by atoms with E-state index in [0.29, 0.717) is 13.2 Å². The van der Waals surface area contributed by atoms with Gasteiger partial charge in [-0.05, 0) is 0 Å². The Balaban J connectivity index is 2.35. The summed E-state index contributed by atoms with van der Waals surface area (Å²) in [6.45, 7) is 0.798. The number of morpholine rings is 1. The number of carbonyl (C=O) groups is 1. The second kappa shape index (κ2) is 4.50. The highest BCUT2D eigenvalue weighted by Gasteiger charge is 2.30. The number of nitrogens with zero attached hydrogens (tertiary/aromatic N) is 3. The zero-order valence-electron chi connectivity index (χ0n) is 8.97. The van der Waals surface area contributed by atoms with E-state index in [1.54, 1.807) is 0 Å². The second-order valence-electron chi connectivity index (χ2n) is 3.59. The van der Waals surface area contributed by atoms with Crippen LogP contribution in [0.15, 0.2) is 6.20 Å². The van der Waals surface area contributed by atoms with Crippen LogP contribution >= 0.6 is 0 Å². The molecule has 0 spiro atoms. The van der Waals surface area contributed by atoms with Gasteiger partial charge >= 0.3 is 0 Å². The summed E-state index contributed by atoms with van der Waals surface area (Å²) in [6.07, 6.45) is 0.963. The summed E-state index contributed by atoms with van der Waals surface area (Å²) in [7, 11) is 0. The highest BCUT2D eigenvalue weighted by molar-refractivity contribution is 5.83. The Morgan fingerprint density at radius 1 is 1.65 bits per heavy atom. The van der Waals surface area contributed by atoms with Gasteiger partial charge in [0.25, 0.3) is 0 Å². The summed E-state index contributed by atoms with van der Waals surface area (Å²) in [6, 6.07) is -0.743. The van der Waals surface area contributed by atoms with E-state index >= 15 is 0 Å². The number of carbonyl (C=O) groups excluding carboxylic acids is 1. The van der Waals surface area contributed by atoms with Crippen molar-refractivity contribution in [3.8, 4) is 0 Å². The topological polar surface area (TPSA) is 107 Å². The van der Waals surface area contributed by atoms with Gasteiger partial charge in [-0.2, -0.15) is 4.98 Å². The summed E-state index contributed by atoms with van der Waals surface area (Å²) in [5.41, 5.74) is 10.6. The third kappa shape index (κ3) is 2.26. The molecule has 1 unspecified atom stereocenters. The van der Waals surface area contributed by atoms with Crippen molar-refractivity contribution in [2.75, 3.05) is 30.4 Å². The van der Waals surface area contributed by atoms with E-state index in [1.165, 1.54) is 4.90 Å². The molecule has 0 aromatic carbocycles. The lowest BCUT2D eigenvalue weighted by Crippen LogP contribution is -2.53. The van der Waals surface area contributed by atoms with Gasteiger partial charge in [0.05, 0.1) is 19.4 Å². The Morgan fingerprint density at radius 3 is 3.12 bits per heavy atom. The van der Waals surface area contributed by atoms with Crippen LogP contribution in [0.5, 0.6) is 0 Å². The van der Waals surface area contributed by atoms with Crippen LogP contribution < -0.4 is 16.4 Å². The molecule has 4 N–H and O–H groups in total. The molecule has 1 atom stereocenters. The number of aromatic nitrogens is 2. The van der Waals surface area contributed by atoms with Crippen LogP contribution in [0.2, 0.25) is 0 Å². The van der Waals surface area contributed by atoms with Gasteiger partial charge in [0.2, 0.25) is 11.9 Å². The summed E-state index contributed by atoms with van der Waals surface area (Å²) >= 11 is 0. The van der Waals surface area contributed by atoms with Crippen molar-refractivity contribution >= 4 is 17.7 Å². The molecule has 2 rings (SSSR count). The van der Waals surface area contributed by atoms with E-state index in [-0.39, 0.29) is 18.4 Å². The number of hydrogen-bond donors (Lipinski definition) is 2. The standard InChI is InChI=1S/C9H12FN5O2/c10-5-3-13-9(12)14-8(5)15-1-2-17-4-6(15)7(11)16/h3,6H,1-2,4H2,(H2,11,16)(H2,12,13,14). The first-order valence-electron chi connectivity index (χ1n) is 5.01. The molecule has 1 saturated heterocycles. The molecule has 0 aliphatic carbocycles. The van der Waals surface area contributed by atoms with Crippen LogP contribution in [-0.4, -0.2) is 41.7 Å². The first-order chi connectivity index (χ1) is 8.09. The Kier molecular flexibility index (Phi) is 3.05. The lowest BCUT2D eigenvalue weighted by Gasteiger charge is -2.34. The molecule has 1 fully saturated rings. The first kappa shape index (κ1) is 11.5. The third-order valence-corrected chi connectivity index (χ3v) is 2.47. The van der Waals surface area contributed by atoms with Crippen molar-refractivity contribution in [1.82, 2.24) is 9.97 Å². The lowest BCUT2D eigenvalue weighted by atomic mass is 10.2. The minimum atomic E-state index is -0.743. The average molecular weight is 241 g/mol. The summed E-state index contributed by atoms with van der Waals surface area (Å²) in [5.74, 6) is -1.32. The molecule has 1 aromatic heterocycles. The predicted octanol–water partition coefficient (Wildman–Crippen LogP) is -1.11. The van der Waals surface area contributed by atoms with Gasteiger partial charge in [-0.3, -0.25) is 4.79 Å². The second-order valence-corrected chi connectivity index (χ2v) is 3.59. The highest BCUT2D eigenvalue weighted by Crippen LogP contribution is 2.20. The lowest BCUT2D eigenvalue weighted by molar-refractivity contribution is -0.121. The molecule has 0 bridgehead atoms. The Bertz CT molecular complexity index is 441. The Morgan fingerprint density at radius 2 is 2.41 bits per heavy atom. The minimum Gasteiger partial charge on any atom is -0.377 e. The van der Waals surface area contributed by atoms with Crippen LogP contribution in [0, 0.1) is 5.82 Å². The van der Waals surface area contributed by atoms with Crippen molar-refractivity contribution in [1.29, 1.82) is 0 Å². The number of nitrogen functional groups attached to an aromatic ring is 1. The van der Waals surface area contributed by atoms with Gasteiger partial charge in [-0.15, -0.1) is 0 Å². The molecule has 17 heavy (non-hydrogen) atoms. The van der Waals surface area contributed by atoms with E-state index in [0.717, 1.165) is 6.20 Å². The molecular weight excluding hydrogens is 229 g/mol. The molecule has 1 aromatic rings. The SMILES string of the molecule is NC(=O)C1COCCN1c1nc(N)ncc1F. The fourth-order valence-electron chi connectivity index (χ4n) is 1.67. The van der Waals surface area contributed by atoms with Crippen molar-refractivity contribution < 1.29 is 13.9 Å². The van der Waals surface area contributed by atoms with Crippen LogP contribution in [0.4, 0.5) is 16.2 Å². The highest BCUT2D eigenvalue weighted by atomic mass is 19.1. The zero-order valence-corrected chi connectivity index (χ0v) is 8.97. The van der Waals surface area contributed by atoms with Crippen LogP contribution in [0.3, 0.4) is 0 Å². The van der Waals surface area contributed by atoms with E-state index < -0.39 is 17.8 Å². The molecule has 1 amide bonds. The molecule has 1 aliphatic heterocycles.